The minimum absolute atomic E-state index is 0.239. The van der Waals surface area contributed by atoms with Crippen molar-refractivity contribution in [3.8, 4) is 0 Å². The highest BCUT2D eigenvalue weighted by molar-refractivity contribution is 7.90. The molecule has 15 heavy (non-hydrogen) atoms. The van der Waals surface area contributed by atoms with E-state index >= 15 is 0 Å². The monoisotopic (exact) mass is 250 g/mol. The standard InChI is InChI=1S/C8H14N2O3S2/c1-6(4-11)15(12,13)10-3-8-7(2)9-5-14-8/h5-6,10-11H,3-4H2,1-2H3. The summed E-state index contributed by atoms with van der Waals surface area (Å²) in [4.78, 5) is 4.91. The molecule has 0 radical (unpaired) electrons. The Morgan fingerprint density at radius 2 is 2.33 bits per heavy atom. The molecule has 0 fully saturated rings. The first-order valence-electron chi connectivity index (χ1n) is 4.45. The highest BCUT2D eigenvalue weighted by atomic mass is 32.2. The van der Waals surface area contributed by atoms with Crippen molar-refractivity contribution in [2.75, 3.05) is 6.61 Å². The van der Waals surface area contributed by atoms with E-state index in [0.717, 1.165) is 10.6 Å². The molecular weight excluding hydrogens is 236 g/mol. The maximum absolute atomic E-state index is 11.5. The molecule has 1 aromatic rings. The van der Waals surface area contributed by atoms with Crippen LogP contribution < -0.4 is 4.72 Å². The lowest BCUT2D eigenvalue weighted by Gasteiger charge is -2.10. The molecule has 0 saturated heterocycles. The first-order valence-corrected chi connectivity index (χ1v) is 6.88. The van der Waals surface area contributed by atoms with Gasteiger partial charge in [-0.25, -0.2) is 18.1 Å². The van der Waals surface area contributed by atoms with Crippen molar-refractivity contribution in [1.29, 1.82) is 0 Å². The Morgan fingerprint density at radius 3 is 2.80 bits per heavy atom. The second-order valence-corrected chi connectivity index (χ2v) is 6.34. The Morgan fingerprint density at radius 1 is 1.67 bits per heavy atom. The van der Waals surface area contributed by atoms with Crippen molar-refractivity contribution in [2.24, 2.45) is 0 Å². The smallest absolute Gasteiger partial charge is 0.216 e. The molecular formula is C8H14N2O3S2. The maximum Gasteiger partial charge on any atom is 0.216 e. The zero-order chi connectivity index (χ0) is 11.5. The molecule has 0 aliphatic rings. The molecule has 0 aliphatic carbocycles. The summed E-state index contributed by atoms with van der Waals surface area (Å²) >= 11 is 1.41. The molecule has 0 saturated carbocycles. The number of aliphatic hydroxyl groups is 1. The van der Waals surface area contributed by atoms with Crippen molar-refractivity contribution in [3.05, 3.63) is 16.1 Å². The first kappa shape index (κ1) is 12.6. The predicted molar refractivity (Wildman–Crippen MR) is 59.2 cm³/mol. The van der Waals surface area contributed by atoms with E-state index < -0.39 is 15.3 Å². The molecule has 1 aromatic heterocycles. The summed E-state index contributed by atoms with van der Waals surface area (Å²) in [5.41, 5.74) is 2.51. The summed E-state index contributed by atoms with van der Waals surface area (Å²) in [6.45, 7) is 3.15. The van der Waals surface area contributed by atoms with Gasteiger partial charge in [0.25, 0.3) is 0 Å². The van der Waals surface area contributed by atoms with Gasteiger partial charge in [-0.1, -0.05) is 0 Å². The third kappa shape index (κ3) is 3.23. The average molecular weight is 250 g/mol. The highest BCUT2D eigenvalue weighted by Gasteiger charge is 2.19. The van der Waals surface area contributed by atoms with Crippen LogP contribution in [0.15, 0.2) is 5.51 Å². The van der Waals surface area contributed by atoms with Gasteiger partial charge in [0, 0.05) is 11.4 Å². The zero-order valence-corrected chi connectivity index (χ0v) is 10.2. The maximum atomic E-state index is 11.5. The number of sulfonamides is 1. The quantitative estimate of drug-likeness (QED) is 0.785. The van der Waals surface area contributed by atoms with E-state index in [1.165, 1.54) is 18.3 Å². The fraction of sp³-hybridized carbons (Fsp3) is 0.625. The third-order valence-corrected chi connectivity index (χ3v) is 4.76. The number of hydrogen-bond acceptors (Lipinski definition) is 5. The van der Waals surface area contributed by atoms with Crippen LogP contribution in [0, 0.1) is 6.92 Å². The van der Waals surface area contributed by atoms with E-state index in [1.807, 2.05) is 6.92 Å². The van der Waals surface area contributed by atoms with Crippen LogP contribution in [-0.4, -0.2) is 30.4 Å². The van der Waals surface area contributed by atoms with Gasteiger partial charge in [0.05, 0.1) is 23.1 Å². The number of aryl methyl sites for hydroxylation is 1. The molecule has 7 heteroatoms. The topological polar surface area (TPSA) is 79.3 Å². The zero-order valence-electron chi connectivity index (χ0n) is 8.60. The van der Waals surface area contributed by atoms with Gasteiger partial charge < -0.3 is 5.11 Å². The van der Waals surface area contributed by atoms with Crippen LogP contribution in [0.4, 0.5) is 0 Å². The van der Waals surface area contributed by atoms with E-state index in [1.54, 1.807) is 5.51 Å². The van der Waals surface area contributed by atoms with Crippen LogP contribution >= 0.6 is 11.3 Å². The molecule has 0 aliphatic heterocycles. The lowest BCUT2D eigenvalue weighted by Crippen LogP contribution is -2.34. The molecule has 0 aromatic carbocycles. The largest absolute Gasteiger partial charge is 0.395 e. The molecule has 2 N–H and O–H groups in total. The van der Waals surface area contributed by atoms with Gasteiger partial charge in [0.15, 0.2) is 0 Å². The molecule has 1 unspecified atom stereocenters. The summed E-state index contributed by atoms with van der Waals surface area (Å²) in [7, 11) is -3.42. The Bertz CT molecular complexity index is 413. The lowest BCUT2D eigenvalue weighted by molar-refractivity contribution is 0.295. The predicted octanol–water partition coefficient (Wildman–Crippen LogP) is 0.252. The van der Waals surface area contributed by atoms with Crippen LogP contribution in [0.25, 0.3) is 0 Å². The van der Waals surface area contributed by atoms with Crippen molar-refractivity contribution in [2.45, 2.75) is 25.6 Å². The summed E-state index contributed by atoms with van der Waals surface area (Å²) in [5.74, 6) is 0. The van der Waals surface area contributed by atoms with Crippen LogP contribution in [0.5, 0.6) is 0 Å². The molecule has 5 nitrogen and oxygen atoms in total. The van der Waals surface area contributed by atoms with Crippen LogP contribution in [0.1, 0.15) is 17.5 Å². The summed E-state index contributed by atoms with van der Waals surface area (Å²) in [5, 5.41) is 7.97. The second-order valence-electron chi connectivity index (χ2n) is 3.22. The van der Waals surface area contributed by atoms with Crippen molar-refractivity contribution in [3.63, 3.8) is 0 Å². The van der Waals surface area contributed by atoms with Gasteiger partial charge >= 0.3 is 0 Å². The van der Waals surface area contributed by atoms with Gasteiger partial charge in [0.1, 0.15) is 0 Å². The fourth-order valence-electron chi connectivity index (χ4n) is 0.902. The number of thiazole rings is 1. The average Bonchev–Trinajstić information content (AvgIpc) is 2.60. The van der Waals surface area contributed by atoms with E-state index in [0.29, 0.717) is 0 Å². The molecule has 0 spiro atoms. The van der Waals surface area contributed by atoms with E-state index in [9.17, 15) is 8.42 Å². The van der Waals surface area contributed by atoms with Gasteiger partial charge in [0.2, 0.25) is 10.0 Å². The second kappa shape index (κ2) is 5.02. The van der Waals surface area contributed by atoms with Gasteiger partial charge in [-0.05, 0) is 13.8 Å². The Balaban J connectivity index is 2.62. The van der Waals surface area contributed by atoms with Crippen LogP contribution in [0.2, 0.25) is 0 Å². The van der Waals surface area contributed by atoms with Crippen LogP contribution in [0.3, 0.4) is 0 Å². The van der Waals surface area contributed by atoms with E-state index in [2.05, 4.69) is 9.71 Å². The number of aliphatic hydroxyl groups excluding tert-OH is 1. The molecule has 1 rings (SSSR count). The molecule has 1 heterocycles. The Hall–Kier alpha value is -0.500. The van der Waals surface area contributed by atoms with E-state index in [-0.39, 0.29) is 13.2 Å². The molecule has 0 amide bonds. The molecule has 86 valence electrons. The van der Waals surface area contributed by atoms with Crippen molar-refractivity contribution in [1.82, 2.24) is 9.71 Å². The normalized spacial score (nSPS) is 14.1. The number of nitrogens with one attached hydrogen (secondary N) is 1. The minimum Gasteiger partial charge on any atom is -0.395 e. The molecule has 1 atom stereocenters. The van der Waals surface area contributed by atoms with Gasteiger partial charge in [-0.3, -0.25) is 0 Å². The van der Waals surface area contributed by atoms with E-state index in [4.69, 9.17) is 5.11 Å². The molecule has 0 bridgehead atoms. The van der Waals surface area contributed by atoms with Crippen LogP contribution in [-0.2, 0) is 16.6 Å². The summed E-state index contributed by atoms with van der Waals surface area (Å²) in [6.07, 6.45) is 0. The SMILES string of the molecule is Cc1ncsc1CNS(=O)(=O)C(C)CO. The third-order valence-electron chi connectivity index (χ3n) is 2.07. The lowest BCUT2D eigenvalue weighted by atomic mass is 10.4. The van der Waals surface area contributed by atoms with Gasteiger partial charge in [-0.2, -0.15) is 0 Å². The Kier molecular flexibility index (Phi) is 4.21. The number of nitrogens with zero attached hydrogens (tertiary/aromatic N) is 1. The summed E-state index contributed by atoms with van der Waals surface area (Å²) < 4.78 is 25.4. The minimum atomic E-state index is -3.42. The fourth-order valence-corrected chi connectivity index (χ4v) is 2.54. The van der Waals surface area contributed by atoms with Crippen molar-refractivity contribution < 1.29 is 13.5 Å². The first-order chi connectivity index (χ1) is 6.97. The number of hydrogen-bond donors (Lipinski definition) is 2. The number of rotatable bonds is 5. The Labute approximate surface area is 93.2 Å². The summed E-state index contributed by atoms with van der Waals surface area (Å²) in [6, 6.07) is 0. The van der Waals surface area contributed by atoms with Crippen molar-refractivity contribution >= 4 is 21.4 Å². The number of aromatic nitrogens is 1. The van der Waals surface area contributed by atoms with Gasteiger partial charge in [-0.15, -0.1) is 11.3 Å². The highest BCUT2D eigenvalue weighted by Crippen LogP contribution is 2.12.